The molecule has 0 aromatic carbocycles. The average Bonchev–Trinajstić information content (AvgIpc) is 2.07. The van der Waals surface area contributed by atoms with Gasteiger partial charge in [-0.25, -0.2) is 13.8 Å². The van der Waals surface area contributed by atoms with Crippen LogP contribution in [0.5, 0.6) is 0 Å². The second-order valence-electron chi connectivity index (χ2n) is 3.36. The van der Waals surface area contributed by atoms with Crippen LogP contribution in [-0.2, 0) is 19.4 Å². The van der Waals surface area contributed by atoms with Gasteiger partial charge in [-0.3, -0.25) is 14.6 Å². The molecule has 8 heteroatoms. The fraction of sp³-hybridized carbons (Fsp3) is 0.714. The molecule has 0 bridgehead atoms. The van der Waals surface area contributed by atoms with Crippen molar-refractivity contribution in [1.82, 2.24) is 10.4 Å². The van der Waals surface area contributed by atoms with E-state index in [0.29, 0.717) is 0 Å². The first-order valence-electron chi connectivity index (χ1n) is 4.20. The predicted octanol–water partition coefficient (Wildman–Crippen LogP) is -1.58. The van der Waals surface area contributed by atoms with Gasteiger partial charge in [0.05, 0.1) is 12.3 Å². The summed E-state index contributed by atoms with van der Waals surface area (Å²) in [5, 5.41) is 8.38. The first-order chi connectivity index (χ1) is 6.79. The molecule has 2 atom stereocenters. The van der Waals surface area contributed by atoms with Crippen LogP contribution in [0.3, 0.4) is 0 Å². The number of hydrogen-bond acceptors (Lipinski definition) is 5. The van der Waals surface area contributed by atoms with Gasteiger partial charge >= 0.3 is 5.97 Å². The predicted molar refractivity (Wildman–Crippen MR) is 50.3 cm³/mol. The van der Waals surface area contributed by atoms with E-state index in [1.165, 1.54) is 7.05 Å². The normalized spacial score (nSPS) is 26.3. The van der Waals surface area contributed by atoms with Crippen LogP contribution in [0, 0.1) is 5.92 Å². The van der Waals surface area contributed by atoms with Crippen LogP contribution in [-0.4, -0.2) is 49.1 Å². The summed E-state index contributed by atoms with van der Waals surface area (Å²) < 4.78 is 22.6. The lowest BCUT2D eigenvalue weighted by atomic mass is 9.96. The number of amides is 1. The molecule has 15 heavy (non-hydrogen) atoms. The standard InChI is InChI=1S/C7H12N2O5S/c1-8-9-6(12)4(3-5(10)11)7(9)15(2,13)14/h4,7-8H,3H2,1-2H3,(H,10,11). The molecular formula is C7H12N2O5S. The molecule has 1 aliphatic heterocycles. The minimum Gasteiger partial charge on any atom is -0.481 e. The van der Waals surface area contributed by atoms with E-state index >= 15 is 0 Å². The molecule has 0 spiro atoms. The summed E-state index contributed by atoms with van der Waals surface area (Å²) in [7, 11) is -2.07. The van der Waals surface area contributed by atoms with Gasteiger partial charge < -0.3 is 5.11 Å². The molecule has 0 aromatic rings. The van der Waals surface area contributed by atoms with Crippen LogP contribution >= 0.6 is 0 Å². The summed E-state index contributed by atoms with van der Waals surface area (Å²) in [6.45, 7) is 0. The number of hydrogen-bond donors (Lipinski definition) is 2. The van der Waals surface area contributed by atoms with Crippen molar-refractivity contribution in [2.24, 2.45) is 5.92 Å². The number of carboxylic acids is 1. The highest BCUT2D eigenvalue weighted by Crippen LogP contribution is 2.30. The maximum atomic E-state index is 11.3. The Morgan fingerprint density at radius 1 is 1.60 bits per heavy atom. The van der Waals surface area contributed by atoms with Crippen LogP contribution in [0.1, 0.15) is 6.42 Å². The number of β-lactam (4-membered cyclic amide) rings is 1. The number of hydrazine groups is 1. The zero-order chi connectivity index (χ0) is 11.8. The van der Waals surface area contributed by atoms with E-state index in [1.54, 1.807) is 0 Å². The highest BCUT2D eigenvalue weighted by atomic mass is 32.2. The van der Waals surface area contributed by atoms with Gasteiger partial charge in [-0.15, -0.1) is 0 Å². The van der Waals surface area contributed by atoms with Crippen LogP contribution in [0.2, 0.25) is 0 Å². The molecule has 1 saturated heterocycles. The quantitative estimate of drug-likeness (QED) is 0.571. The highest BCUT2D eigenvalue weighted by Gasteiger charge is 2.53. The summed E-state index contributed by atoms with van der Waals surface area (Å²) >= 11 is 0. The SMILES string of the molecule is CNN1C(=O)C(CC(=O)O)C1S(C)(=O)=O. The lowest BCUT2D eigenvalue weighted by Gasteiger charge is -2.44. The van der Waals surface area contributed by atoms with Crippen molar-refractivity contribution in [3.8, 4) is 0 Å². The molecular weight excluding hydrogens is 224 g/mol. The maximum absolute atomic E-state index is 11.3. The summed E-state index contributed by atoms with van der Waals surface area (Å²) in [6, 6.07) is 0. The molecule has 2 N–H and O–H groups in total. The molecule has 2 unspecified atom stereocenters. The first-order valence-corrected chi connectivity index (χ1v) is 6.15. The number of sulfone groups is 1. The van der Waals surface area contributed by atoms with Crippen LogP contribution in [0.4, 0.5) is 0 Å². The number of rotatable bonds is 4. The molecule has 0 radical (unpaired) electrons. The second kappa shape index (κ2) is 3.78. The first kappa shape index (κ1) is 11.9. The zero-order valence-electron chi connectivity index (χ0n) is 8.30. The second-order valence-corrected chi connectivity index (χ2v) is 5.50. The van der Waals surface area contributed by atoms with Gasteiger partial charge in [0.15, 0.2) is 15.2 Å². The number of carboxylic acid groups (broad SMARTS) is 1. The molecule has 1 rings (SSSR count). The fourth-order valence-corrected chi connectivity index (χ4v) is 3.03. The van der Waals surface area contributed by atoms with E-state index in [1.807, 2.05) is 0 Å². The molecule has 1 heterocycles. The molecule has 0 aliphatic carbocycles. The summed E-state index contributed by atoms with van der Waals surface area (Å²) in [6.07, 6.45) is 0.512. The smallest absolute Gasteiger partial charge is 0.304 e. The molecule has 1 fully saturated rings. The maximum Gasteiger partial charge on any atom is 0.304 e. The van der Waals surface area contributed by atoms with Crippen molar-refractivity contribution in [3.05, 3.63) is 0 Å². The van der Waals surface area contributed by atoms with Crippen molar-refractivity contribution in [3.63, 3.8) is 0 Å². The average molecular weight is 236 g/mol. The monoisotopic (exact) mass is 236 g/mol. The van der Waals surface area contributed by atoms with Gasteiger partial charge in [0.2, 0.25) is 5.91 Å². The van der Waals surface area contributed by atoms with Gasteiger partial charge in [0.1, 0.15) is 0 Å². The molecule has 0 aromatic heterocycles. The Morgan fingerprint density at radius 3 is 2.47 bits per heavy atom. The minimum atomic E-state index is -3.48. The topological polar surface area (TPSA) is 104 Å². The van der Waals surface area contributed by atoms with E-state index in [-0.39, 0.29) is 0 Å². The summed E-state index contributed by atoms with van der Waals surface area (Å²) in [5.74, 6) is -2.67. The molecule has 1 aliphatic rings. The third-order valence-corrected chi connectivity index (χ3v) is 3.64. The van der Waals surface area contributed by atoms with E-state index in [4.69, 9.17) is 5.11 Å². The van der Waals surface area contributed by atoms with Gasteiger partial charge in [-0.05, 0) is 0 Å². The zero-order valence-corrected chi connectivity index (χ0v) is 9.11. The van der Waals surface area contributed by atoms with Gasteiger partial charge in [0.25, 0.3) is 0 Å². The molecule has 0 saturated carbocycles. The minimum absolute atomic E-state index is 0.464. The van der Waals surface area contributed by atoms with Gasteiger partial charge in [-0.2, -0.15) is 0 Å². The lowest BCUT2D eigenvalue weighted by Crippen LogP contribution is -2.68. The third kappa shape index (κ3) is 2.10. The van der Waals surface area contributed by atoms with Crippen molar-refractivity contribution in [2.45, 2.75) is 11.8 Å². The lowest BCUT2D eigenvalue weighted by molar-refractivity contribution is -0.160. The largest absolute Gasteiger partial charge is 0.481 e. The summed E-state index contributed by atoms with van der Waals surface area (Å²) in [5.41, 5.74) is 2.42. The third-order valence-electron chi connectivity index (χ3n) is 2.23. The Labute approximate surface area is 86.9 Å². The van der Waals surface area contributed by atoms with E-state index in [9.17, 15) is 18.0 Å². The molecule has 7 nitrogen and oxygen atoms in total. The number of nitrogens with one attached hydrogen (secondary N) is 1. The van der Waals surface area contributed by atoms with Gasteiger partial charge in [0, 0.05) is 13.3 Å². The number of carbonyl (C=O) groups excluding carboxylic acids is 1. The number of nitrogens with zero attached hydrogens (tertiary/aromatic N) is 1. The summed E-state index contributed by atoms with van der Waals surface area (Å²) in [4.78, 5) is 21.8. The number of aliphatic carboxylic acids is 1. The van der Waals surface area contributed by atoms with E-state index in [2.05, 4.69) is 5.43 Å². The number of carbonyl (C=O) groups is 2. The van der Waals surface area contributed by atoms with Crippen LogP contribution in [0.25, 0.3) is 0 Å². The fourth-order valence-electron chi connectivity index (χ4n) is 1.63. The van der Waals surface area contributed by atoms with Crippen LogP contribution < -0.4 is 5.43 Å². The van der Waals surface area contributed by atoms with Crippen molar-refractivity contribution < 1.29 is 23.1 Å². The Morgan fingerprint density at radius 2 is 2.13 bits per heavy atom. The van der Waals surface area contributed by atoms with Crippen molar-refractivity contribution in [2.75, 3.05) is 13.3 Å². The Hall–Kier alpha value is -1.15. The van der Waals surface area contributed by atoms with Gasteiger partial charge in [-0.1, -0.05) is 0 Å². The van der Waals surface area contributed by atoms with Crippen molar-refractivity contribution in [1.29, 1.82) is 0 Å². The van der Waals surface area contributed by atoms with Crippen molar-refractivity contribution >= 4 is 21.7 Å². The molecule has 86 valence electrons. The Kier molecular flexibility index (Phi) is 3.00. The Bertz CT molecular complexity index is 390. The highest BCUT2D eigenvalue weighted by molar-refractivity contribution is 7.91. The molecule has 1 amide bonds. The van der Waals surface area contributed by atoms with E-state index < -0.39 is 39.4 Å². The van der Waals surface area contributed by atoms with E-state index in [0.717, 1.165) is 11.3 Å². The Balaban J connectivity index is 2.90. The van der Waals surface area contributed by atoms with Crippen LogP contribution in [0.15, 0.2) is 0 Å².